The minimum Gasteiger partial charge on any atom is -0.238 e. The quantitative estimate of drug-likeness (QED) is 0.641. The minimum absolute atomic E-state index is 0.213. The second kappa shape index (κ2) is 3.89. The van der Waals surface area contributed by atoms with Crippen molar-refractivity contribution in [2.45, 2.75) is 13.3 Å². The maximum atomic E-state index is 11.3. The van der Waals surface area contributed by atoms with Gasteiger partial charge in [-0.1, -0.05) is 6.92 Å². The number of aryl methyl sites for hydroxylation is 1. The molecule has 6 heteroatoms. The van der Waals surface area contributed by atoms with E-state index >= 15 is 0 Å². The van der Waals surface area contributed by atoms with E-state index < -0.39 is 10.3 Å². The van der Waals surface area contributed by atoms with E-state index in [9.17, 15) is 8.42 Å². The summed E-state index contributed by atoms with van der Waals surface area (Å²) in [7, 11) is -1.86. The van der Waals surface area contributed by atoms with Crippen molar-refractivity contribution in [3.8, 4) is 0 Å². The highest BCUT2D eigenvalue weighted by Gasteiger charge is 2.19. The molecule has 0 aliphatic rings. The van der Waals surface area contributed by atoms with Gasteiger partial charge in [-0.2, -0.15) is 8.42 Å². The molecular weight excluding hydrogens is 192 g/mol. The Hall–Kier alpha value is -0.880. The summed E-state index contributed by atoms with van der Waals surface area (Å²) in [6.45, 7) is 2.06. The Bertz CT molecular complexity index is 369. The standard InChI is InChI=1S/C7H13N2O3S/c1-3-6-12-13(10,11)9-5-4-8(2)7-9/h4-5,7H,3,6H2,1-2H3/q+1. The molecule has 5 nitrogen and oxygen atoms in total. The maximum absolute atomic E-state index is 11.3. The van der Waals surface area contributed by atoms with Crippen LogP contribution in [0.15, 0.2) is 18.7 Å². The Balaban J connectivity index is 2.82. The van der Waals surface area contributed by atoms with Gasteiger partial charge in [0.15, 0.2) is 0 Å². The SMILES string of the molecule is CCCOS(=O)(=O)n1cc[n+](C)c1. The summed E-state index contributed by atoms with van der Waals surface area (Å²) in [6.07, 6.45) is 5.18. The molecular formula is C7H13N2O3S+. The van der Waals surface area contributed by atoms with Crippen LogP contribution >= 0.6 is 0 Å². The molecule has 0 radical (unpaired) electrons. The topological polar surface area (TPSA) is 52.2 Å². The van der Waals surface area contributed by atoms with Gasteiger partial charge in [0.1, 0.15) is 12.4 Å². The molecule has 0 atom stereocenters. The molecule has 0 fully saturated rings. The van der Waals surface area contributed by atoms with E-state index in [2.05, 4.69) is 0 Å². The second-order valence-electron chi connectivity index (χ2n) is 2.69. The van der Waals surface area contributed by atoms with E-state index in [1.807, 2.05) is 6.92 Å². The molecule has 0 spiro atoms. The molecule has 0 bridgehead atoms. The van der Waals surface area contributed by atoms with Crippen molar-refractivity contribution in [1.82, 2.24) is 3.97 Å². The van der Waals surface area contributed by atoms with Crippen molar-refractivity contribution >= 4 is 10.3 Å². The summed E-state index contributed by atoms with van der Waals surface area (Å²) in [4.78, 5) is 0. The van der Waals surface area contributed by atoms with Crippen molar-refractivity contribution in [2.24, 2.45) is 7.05 Å². The summed E-state index contributed by atoms with van der Waals surface area (Å²) in [6, 6.07) is 0. The minimum atomic E-state index is -3.61. The molecule has 1 heterocycles. The molecule has 0 saturated heterocycles. The third-order valence-electron chi connectivity index (χ3n) is 1.44. The highest BCUT2D eigenvalue weighted by molar-refractivity contribution is 7.85. The first-order chi connectivity index (χ1) is 6.06. The molecule has 1 aromatic rings. The van der Waals surface area contributed by atoms with Crippen molar-refractivity contribution in [2.75, 3.05) is 6.61 Å². The van der Waals surface area contributed by atoms with Crippen molar-refractivity contribution in [3.05, 3.63) is 18.7 Å². The normalized spacial score (nSPS) is 11.8. The Kier molecular flexibility index (Phi) is 3.05. The average Bonchev–Trinajstić information content (AvgIpc) is 2.49. The first-order valence-electron chi connectivity index (χ1n) is 3.99. The number of hydrogen-bond acceptors (Lipinski definition) is 3. The van der Waals surface area contributed by atoms with Crippen LogP contribution in [0.1, 0.15) is 13.3 Å². The lowest BCUT2D eigenvalue weighted by Crippen LogP contribution is -2.25. The molecule has 0 amide bonds. The lowest BCUT2D eigenvalue weighted by molar-refractivity contribution is -0.670. The number of hydrogen-bond donors (Lipinski definition) is 0. The van der Waals surface area contributed by atoms with E-state index in [0.717, 1.165) is 3.97 Å². The Morgan fingerprint density at radius 3 is 2.69 bits per heavy atom. The fraction of sp³-hybridized carbons (Fsp3) is 0.571. The van der Waals surface area contributed by atoms with Crippen LogP contribution in [0.25, 0.3) is 0 Å². The van der Waals surface area contributed by atoms with E-state index in [-0.39, 0.29) is 6.61 Å². The Morgan fingerprint density at radius 2 is 2.23 bits per heavy atom. The van der Waals surface area contributed by atoms with E-state index in [1.54, 1.807) is 17.8 Å². The number of aromatic nitrogens is 2. The predicted octanol–water partition coefficient (Wildman–Crippen LogP) is -0.168. The monoisotopic (exact) mass is 205 g/mol. The van der Waals surface area contributed by atoms with Gasteiger partial charge in [0.05, 0.1) is 13.7 Å². The fourth-order valence-electron chi connectivity index (χ4n) is 0.809. The van der Waals surface area contributed by atoms with Crippen LogP contribution in [0.5, 0.6) is 0 Å². The molecule has 0 aliphatic carbocycles. The summed E-state index contributed by atoms with van der Waals surface area (Å²) >= 11 is 0. The van der Waals surface area contributed by atoms with Crippen molar-refractivity contribution < 1.29 is 17.2 Å². The van der Waals surface area contributed by atoms with E-state index in [4.69, 9.17) is 4.18 Å². The molecule has 0 unspecified atom stereocenters. The Labute approximate surface area is 77.8 Å². The molecule has 1 rings (SSSR count). The van der Waals surface area contributed by atoms with Crippen molar-refractivity contribution in [1.29, 1.82) is 0 Å². The van der Waals surface area contributed by atoms with Gasteiger partial charge in [-0.05, 0) is 6.42 Å². The van der Waals surface area contributed by atoms with Crippen LogP contribution in [-0.2, 0) is 21.5 Å². The van der Waals surface area contributed by atoms with Crippen molar-refractivity contribution in [3.63, 3.8) is 0 Å². The van der Waals surface area contributed by atoms with Crippen LogP contribution in [0.4, 0.5) is 0 Å². The van der Waals surface area contributed by atoms with Gasteiger partial charge < -0.3 is 0 Å². The third kappa shape index (κ3) is 2.53. The van der Waals surface area contributed by atoms with Crippen LogP contribution in [0, 0.1) is 0 Å². The maximum Gasteiger partial charge on any atom is 0.441 e. The highest BCUT2D eigenvalue weighted by Crippen LogP contribution is 1.98. The van der Waals surface area contributed by atoms with Gasteiger partial charge in [-0.3, -0.25) is 0 Å². The summed E-state index contributed by atoms with van der Waals surface area (Å²) in [5.74, 6) is 0. The lowest BCUT2D eigenvalue weighted by atomic mass is 10.5. The number of imidazole rings is 1. The zero-order valence-electron chi connectivity index (χ0n) is 7.67. The van der Waals surface area contributed by atoms with Gasteiger partial charge in [0.2, 0.25) is 0 Å². The molecule has 13 heavy (non-hydrogen) atoms. The van der Waals surface area contributed by atoms with Gasteiger partial charge >= 0.3 is 10.3 Å². The summed E-state index contributed by atoms with van der Waals surface area (Å²) in [5.41, 5.74) is 0. The van der Waals surface area contributed by atoms with Crippen LogP contribution in [-0.4, -0.2) is 19.0 Å². The second-order valence-corrected chi connectivity index (χ2v) is 4.20. The van der Waals surface area contributed by atoms with E-state index in [1.165, 1.54) is 12.5 Å². The smallest absolute Gasteiger partial charge is 0.238 e. The van der Waals surface area contributed by atoms with Crippen LogP contribution in [0.2, 0.25) is 0 Å². The third-order valence-corrected chi connectivity index (χ3v) is 2.64. The number of nitrogens with zero attached hydrogens (tertiary/aromatic N) is 2. The zero-order valence-corrected chi connectivity index (χ0v) is 8.49. The number of rotatable bonds is 4. The van der Waals surface area contributed by atoms with Crippen LogP contribution < -0.4 is 4.57 Å². The predicted molar refractivity (Wildman–Crippen MR) is 46.2 cm³/mol. The molecule has 0 N–H and O–H groups in total. The van der Waals surface area contributed by atoms with E-state index in [0.29, 0.717) is 6.42 Å². The first kappa shape index (κ1) is 10.2. The molecule has 74 valence electrons. The average molecular weight is 205 g/mol. The largest absolute Gasteiger partial charge is 0.441 e. The highest BCUT2D eigenvalue weighted by atomic mass is 32.2. The zero-order chi connectivity index (χ0) is 9.90. The van der Waals surface area contributed by atoms with Gasteiger partial charge in [-0.15, -0.1) is 3.97 Å². The summed E-state index contributed by atoms with van der Waals surface area (Å²) < 4.78 is 30.0. The van der Waals surface area contributed by atoms with Gasteiger partial charge in [0.25, 0.3) is 6.33 Å². The molecule has 0 aromatic carbocycles. The Morgan fingerprint density at radius 1 is 1.54 bits per heavy atom. The van der Waals surface area contributed by atoms with Gasteiger partial charge in [-0.25, -0.2) is 8.75 Å². The first-order valence-corrected chi connectivity index (χ1v) is 5.36. The van der Waals surface area contributed by atoms with Gasteiger partial charge in [0, 0.05) is 0 Å². The lowest BCUT2D eigenvalue weighted by Gasteiger charge is -1.97. The fourth-order valence-corrected chi connectivity index (χ4v) is 1.78. The molecule has 0 aliphatic heterocycles. The van der Waals surface area contributed by atoms with Crippen LogP contribution in [0.3, 0.4) is 0 Å². The molecule has 0 saturated carbocycles. The summed E-state index contributed by atoms with van der Waals surface area (Å²) in [5, 5.41) is 0. The molecule has 1 aromatic heterocycles.